The Kier molecular flexibility index (Phi) is 11.9. The van der Waals surface area contributed by atoms with Crippen LogP contribution >= 0.6 is 0 Å². The number of piperazine rings is 1. The number of esters is 1. The van der Waals surface area contributed by atoms with Crippen molar-refractivity contribution in [2.24, 2.45) is 0 Å². The molecule has 1 aliphatic heterocycles. The second-order valence-corrected chi connectivity index (χ2v) is 14.8. The van der Waals surface area contributed by atoms with Crippen molar-refractivity contribution >= 4 is 51.2 Å². The molecule has 52 heavy (non-hydrogen) atoms. The zero-order valence-corrected chi connectivity index (χ0v) is 31.0. The van der Waals surface area contributed by atoms with Gasteiger partial charge in [0.1, 0.15) is 11.6 Å². The lowest BCUT2D eigenvalue weighted by atomic mass is 9.92. The Morgan fingerprint density at radius 1 is 0.923 bits per heavy atom. The van der Waals surface area contributed by atoms with E-state index in [1.807, 2.05) is 60.9 Å². The Balaban J connectivity index is 1.03. The van der Waals surface area contributed by atoms with Gasteiger partial charge in [0.25, 0.3) is 0 Å². The van der Waals surface area contributed by atoms with Crippen LogP contribution in [0, 0.1) is 0 Å². The van der Waals surface area contributed by atoms with Crippen LogP contribution in [0.25, 0.3) is 21.8 Å². The summed E-state index contributed by atoms with van der Waals surface area (Å²) in [5, 5.41) is 8.61. The molecule has 11 heteroatoms. The minimum Gasteiger partial charge on any atom is -0.465 e. The smallest absolute Gasteiger partial charge is 0.412 e. The largest absolute Gasteiger partial charge is 0.465 e. The molecule has 276 valence electrons. The summed E-state index contributed by atoms with van der Waals surface area (Å²) in [5.41, 5.74) is 6.17. The fourth-order valence-electron chi connectivity index (χ4n) is 7.22. The molecular weight excluding hydrogens is 656 g/mol. The number of nitrogens with one attached hydrogen (secondary N) is 2. The van der Waals surface area contributed by atoms with Crippen LogP contribution in [-0.2, 0) is 38.4 Å². The Morgan fingerprint density at radius 2 is 1.75 bits per heavy atom. The number of para-hydroxylation sites is 2. The highest BCUT2D eigenvalue weighted by molar-refractivity contribution is 5.98. The van der Waals surface area contributed by atoms with Crippen molar-refractivity contribution in [1.29, 1.82) is 0 Å². The van der Waals surface area contributed by atoms with Gasteiger partial charge in [-0.2, -0.15) is 0 Å². The molecule has 1 unspecified atom stereocenters. The number of benzene rings is 2. The fourth-order valence-corrected chi connectivity index (χ4v) is 7.22. The summed E-state index contributed by atoms with van der Waals surface area (Å²) >= 11 is 0. The Labute approximate surface area is 306 Å². The first-order valence-electron chi connectivity index (χ1n) is 18.8. The van der Waals surface area contributed by atoms with Gasteiger partial charge in [0.2, 0.25) is 5.91 Å². The van der Waals surface area contributed by atoms with Crippen molar-refractivity contribution in [3.05, 3.63) is 71.5 Å². The van der Waals surface area contributed by atoms with Gasteiger partial charge in [-0.15, -0.1) is 0 Å². The highest BCUT2D eigenvalue weighted by Crippen LogP contribution is 2.33. The SMILES string of the molecule is CCOC(=O)C1CN(C(=O)CCCCCNc2c3c(nc4ccccc24)CCCC3)CCN1Cc1ccc2cccc(NC(=O)OC(C)(C)C)c2n1. The molecule has 3 heterocycles. The highest BCUT2D eigenvalue weighted by atomic mass is 16.6. The van der Waals surface area contributed by atoms with E-state index in [2.05, 4.69) is 28.8 Å². The maximum atomic E-state index is 13.4. The van der Waals surface area contributed by atoms with E-state index in [0.717, 1.165) is 55.2 Å². The first kappa shape index (κ1) is 37.0. The number of amides is 2. The lowest BCUT2D eigenvalue weighted by Crippen LogP contribution is -2.57. The number of rotatable bonds is 12. The van der Waals surface area contributed by atoms with Gasteiger partial charge in [-0.1, -0.05) is 42.8 Å². The van der Waals surface area contributed by atoms with Crippen LogP contribution in [0.4, 0.5) is 16.2 Å². The van der Waals surface area contributed by atoms with Gasteiger partial charge in [0, 0.05) is 61.3 Å². The first-order valence-corrected chi connectivity index (χ1v) is 18.8. The van der Waals surface area contributed by atoms with Crippen molar-refractivity contribution in [2.45, 2.75) is 97.2 Å². The summed E-state index contributed by atoms with van der Waals surface area (Å²) in [4.78, 5) is 52.8. The number of ether oxygens (including phenoxy) is 2. The van der Waals surface area contributed by atoms with Crippen LogP contribution in [-0.4, -0.2) is 82.2 Å². The molecule has 11 nitrogen and oxygen atoms in total. The maximum Gasteiger partial charge on any atom is 0.412 e. The average Bonchev–Trinajstić information content (AvgIpc) is 3.12. The van der Waals surface area contributed by atoms with Gasteiger partial charge >= 0.3 is 12.1 Å². The van der Waals surface area contributed by atoms with Crippen molar-refractivity contribution in [2.75, 3.05) is 43.4 Å². The van der Waals surface area contributed by atoms with Gasteiger partial charge < -0.3 is 19.7 Å². The minimum absolute atomic E-state index is 0.0674. The summed E-state index contributed by atoms with van der Waals surface area (Å²) in [6.45, 7) is 10.1. The van der Waals surface area contributed by atoms with Gasteiger partial charge in [0.05, 0.1) is 29.0 Å². The second-order valence-electron chi connectivity index (χ2n) is 14.8. The normalized spacial score (nSPS) is 16.4. The Hall–Kier alpha value is -4.77. The molecule has 1 saturated heterocycles. The predicted molar refractivity (Wildman–Crippen MR) is 204 cm³/mol. The topological polar surface area (TPSA) is 126 Å². The molecule has 1 fully saturated rings. The highest BCUT2D eigenvalue weighted by Gasteiger charge is 2.35. The average molecular weight is 709 g/mol. The predicted octanol–water partition coefficient (Wildman–Crippen LogP) is 7.26. The van der Waals surface area contributed by atoms with Crippen molar-refractivity contribution in [1.82, 2.24) is 19.8 Å². The van der Waals surface area contributed by atoms with Crippen molar-refractivity contribution in [3.63, 3.8) is 0 Å². The lowest BCUT2D eigenvalue weighted by molar-refractivity contribution is -0.154. The van der Waals surface area contributed by atoms with Crippen LogP contribution in [0.3, 0.4) is 0 Å². The number of anilines is 2. The number of nitrogens with zero attached hydrogens (tertiary/aromatic N) is 4. The summed E-state index contributed by atoms with van der Waals surface area (Å²) in [5.74, 6) is -0.275. The van der Waals surface area contributed by atoms with Gasteiger partial charge in [-0.3, -0.25) is 24.8 Å². The first-order chi connectivity index (χ1) is 25.1. The van der Waals surface area contributed by atoms with Crippen LogP contribution in [0.5, 0.6) is 0 Å². The van der Waals surface area contributed by atoms with Gasteiger partial charge in [-0.05, 0) is 90.0 Å². The van der Waals surface area contributed by atoms with Crippen LogP contribution in [0.2, 0.25) is 0 Å². The minimum atomic E-state index is -0.632. The summed E-state index contributed by atoms with van der Waals surface area (Å²) < 4.78 is 10.9. The number of fused-ring (bicyclic) bond motifs is 3. The molecule has 2 amide bonds. The van der Waals surface area contributed by atoms with E-state index in [1.54, 1.807) is 13.0 Å². The molecule has 1 aliphatic carbocycles. The van der Waals surface area contributed by atoms with Crippen LogP contribution in [0.15, 0.2) is 54.6 Å². The Morgan fingerprint density at radius 3 is 2.58 bits per heavy atom. The number of aromatic nitrogens is 2. The molecular formula is C41H52N6O5. The molecule has 0 radical (unpaired) electrons. The summed E-state index contributed by atoms with van der Waals surface area (Å²) in [7, 11) is 0. The molecule has 0 saturated carbocycles. The van der Waals surface area contributed by atoms with Crippen molar-refractivity contribution < 1.29 is 23.9 Å². The number of pyridine rings is 2. The Bertz CT molecular complexity index is 1910. The van der Waals surface area contributed by atoms with Crippen molar-refractivity contribution in [3.8, 4) is 0 Å². The summed E-state index contributed by atoms with van der Waals surface area (Å²) in [6.07, 6.45) is 7.09. The summed E-state index contributed by atoms with van der Waals surface area (Å²) in [6, 6.07) is 17.2. The number of hydrogen-bond acceptors (Lipinski definition) is 9. The van der Waals surface area contributed by atoms with Gasteiger partial charge in [-0.25, -0.2) is 9.78 Å². The molecule has 1 atom stereocenters. The molecule has 2 aromatic heterocycles. The van der Waals surface area contributed by atoms with E-state index in [0.29, 0.717) is 37.3 Å². The van der Waals surface area contributed by atoms with E-state index in [-0.39, 0.29) is 25.0 Å². The molecule has 4 aromatic rings. The zero-order valence-electron chi connectivity index (χ0n) is 31.0. The number of carbonyl (C=O) groups excluding carboxylic acids is 3. The third kappa shape index (κ3) is 9.17. The molecule has 2 aromatic carbocycles. The molecule has 0 spiro atoms. The number of aryl methyl sites for hydroxylation is 1. The molecule has 0 bridgehead atoms. The quantitative estimate of drug-likeness (QED) is 0.116. The number of carbonyl (C=O) groups is 3. The van der Waals surface area contributed by atoms with E-state index in [1.165, 1.54) is 35.2 Å². The fraction of sp³-hybridized carbons (Fsp3) is 0.488. The lowest BCUT2D eigenvalue weighted by Gasteiger charge is -2.40. The van der Waals surface area contributed by atoms with Crippen LogP contribution < -0.4 is 10.6 Å². The monoisotopic (exact) mass is 708 g/mol. The van der Waals surface area contributed by atoms with E-state index < -0.39 is 17.7 Å². The molecule has 6 rings (SSSR count). The van der Waals surface area contributed by atoms with E-state index in [9.17, 15) is 14.4 Å². The third-order valence-corrected chi connectivity index (χ3v) is 9.72. The maximum absolute atomic E-state index is 13.4. The van der Waals surface area contributed by atoms with Gasteiger partial charge in [0.15, 0.2) is 0 Å². The zero-order chi connectivity index (χ0) is 36.7. The molecule has 2 aliphatic rings. The van der Waals surface area contributed by atoms with E-state index >= 15 is 0 Å². The molecule has 2 N–H and O–H groups in total. The standard InChI is InChI=1S/C41H52N6O5/c1-5-51-39(49)35-27-47(25-24-46(35)26-29-22-21-28-14-13-19-34(37(28)43-29)45-40(50)52-41(2,3)4)36(48)20-7-6-12-23-42-38-30-15-8-10-17-32(30)44-33-18-11-9-16-31(33)38/h8,10,13-15,17,19,21-22,35H,5-7,9,11-12,16,18,20,23-27H2,1-4H3,(H,42,44)(H,45,50). The van der Waals surface area contributed by atoms with Crippen LogP contribution in [0.1, 0.15) is 83.2 Å². The number of hydrogen-bond donors (Lipinski definition) is 2. The third-order valence-electron chi connectivity index (χ3n) is 9.72. The van der Waals surface area contributed by atoms with E-state index in [4.69, 9.17) is 19.4 Å². The number of unbranched alkanes of at least 4 members (excludes halogenated alkanes) is 2. The second kappa shape index (κ2) is 16.7.